The smallest absolute Gasteiger partial charge is 0.264 e. The number of amides is 1. The molecule has 10 nitrogen and oxygen atoms in total. The lowest BCUT2D eigenvalue weighted by molar-refractivity contribution is 0.0981. The average Bonchev–Trinajstić information content (AvgIpc) is 2.99. The maximum absolute atomic E-state index is 12.5. The third-order valence-corrected chi connectivity index (χ3v) is 7.81. The molecular formula is C31H35N3O7S. The van der Waals surface area contributed by atoms with Crippen LogP contribution >= 0.6 is 0 Å². The van der Waals surface area contributed by atoms with Crippen LogP contribution < -0.4 is 19.5 Å². The topological polar surface area (TPSA) is 147 Å². The van der Waals surface area contributed by atoms with Crippen LogP contribution in [-0.4, -0.2) is 67.2 Å². The van der Waals surface area contributed by atoms with E-state index in [1.807, 2.05) is 54.6 Å². The number of ether oxygens (including phenoxy) is 2. The summed E-state index contributed by atoms with van der Waals surface area (Å²) in [6.45, 7) is 2.03. The molecule has 0 aliphatic carbocycles. The van der Waals surface area contributed by atoms with E-state index in [9.17, 15) is 23.4 Å². The van der Waals surface area contributed by atoms with Crippen LogP contribution in [0.5, 0.6) is 17.2 Å². The molecule has 0 radical (unpaired) electrons. The molecule has 0 saturated carbocycles. The Balaban J connectivity index is 1.33. The van der Waals surface area contributed by atoms with Gasteiger partial charge >= 0.3 is 0 Å². The summed E-state index contributed by atoms with van der Waals surface area (Å²) in [4.78, 5) is 16.8. The zero-order chi connectivity index (χ0) is 30.0. The summed E-state index contributed by atoms with van der Waals surface area (Å²) >= 11 is 0. The molecule has 4 rings (SSSR count). The van der Waals surface area contributed by atoms with Gasteiger partial charge < -0.3 is 25.0 Å². The summed E-state index contributed by atoms with van der Waals surface area (Å²) < 4.78 is 37.7. The van der Waals surface area contributed by atoms with Crippen LogP contribution in [0.15, 0.2) is 85.1 Å². The van der Waals surface area contributed by atoms with Gasteiger partial charge in [0.05, 0.1) is 17.9 Å². The monoisotopic (exact) mass is 593 g/mol. The molecule has 42 heavy (non-hydrogen) atoms. The Labute approximate surface area is 245 Å². The van der Waals surface area contributed by atoms with Gasteiger partial charge in [0, 0.05) is 29.7 Å². The summed E-state index contributed by atoms with van der Waals surface area (Å²) in [5, 5.41) is 23.9. The zero-order valence-electron chi connectivity index (χ0n) is 23.3. The fourth-order valence-electron chi connectivity index (χ4n) is 4.25. The predicted octanol–water partition coefficient (Wildman–Crippen LogP) is 3.43. The van der Waals surface area contributed by atoms with Gasteiger partial charge in [0.15, 0.2) is 0 Å². The number of carbonyl (C=O) groups excluding carboxylic acids is 1. The number of para-hydroxylation sites is 1. The van der Waals surface area contributed by atoms with Crippen molar-refractivity contribution in [1.82, 2.24) is 15.0 Å². The quantitative estimate of drug-likeness (QED) is 0.163. The van der Waals surface area contributed by atoms with Crippen molar-refractivity contribution in [3.8, 4) is 17.2 Å². The number of aromatic nitrogens is 1. The number of pyridine rings is 1. The molecular weight excluding hydrogens is 558 g/mol. The molecule has 0 fully saturated rings. The van der Waals surface area contributed by atoms with Gasteiger partial charge in [0.25, 0.3) is 5.91 Å². The SMILES string of the molecule is CCCS(=O)(=O)NC(=O)c1ccc2c(Oc3ccc(CC(CO)NCC(O)COc4ccccc4)cc3)ccnc2c1. The number of rotatable bonds is 15. The third kappa shape index (κ3) is 8.98. The number of benzene rings is 3. The number of nitrogens with zero attached hydrogens (tertiary/aromatic N) is 1. The number of aliphatic hydroxyl groups is 2. The van der Waals surface area contributed by atoms with Crippen LogP contribution in [0.4, 0.5) is 0 Å². The second-order valence-corrected chi connectivity index (χ2v) is 11.6. The number of hydrogen-bond acceptors (Lipinski definition) is 9. The van der Waals surface area contributed by atoms with Crippen molar-refractivity contribution in [2.45, 2.75) is 31.9 Å². The normalized spacial score (nSPS) is 12.9. The van der Waals surface area contributed by atoms with Gasteiger partial charge in [-0.25, -0.2) is 13.1 Å². The highest BCUT2D eigenvalue weighted by molar-refractivity contribution is 7.90. The average molecular weight is 594 g/mol. The first kappa shape index (κ1) is 30.9. The molecule has 222 valence electrons. The Kier molecular flexibility index (Phi) is 10.8. The summed E-state index contributed by atoms with van der Waals surface area (Å²) in [5.74, 6) is 0.956. The van der Waals surface area contributed by atoms with Crippen molar-refractivity contribution in [3.05, 3.63) is 96.2 Å². The van der Waals surface area contributed by atoms with Crippen molar-refractivity contribution in [2.24, 2.45) is 0 Å². The van der Waals surface area contributed by atoms with E-state index in [0.717, 1.165) is 5.56 Å². The van der Waals surface area contributed by atoms with Gasteiger partial charge in [-0.3, -0.25) is 9.78 Å². The number of carbonyl (C=O) groups is 1. The van der Waals surface area contributed by atoms with E-state index < -0.39 is 22.0 Å². The fourth-order valence-corrected chi connectivity index (χ4v) is 5.29. The van der Waals surface area contributed by atoms with E-state index in [1.165, 1.54) is 12.1 Å². The van der Waals surface area contributed by atoms with Crippen molar-refractivity contribution in [3.63, 3.8) is 0 Å². The Morgan fingerprint density at radius 3 is 2.48 bits per heavy atom. The Morgan fingerprint density at radius 1 is 1.00 bits per heavy atom. The Hall–Kier alpha value is -4.03. The van der Waals surface area contributed by atoms with Crippen LogP contribution in [0.2, 0.25) is 0 Å². The van der Waals surface area contributed by atoms with Gasteiger partial charge in [-0.2, -0.15) is 0 Å². The number of nitrogens with one attached hydrogen (secondary N) is 2. The molecule has 4 N–H and O–H groups in total. The van der Waals surface area contributed by atoms with Crippen LogP contribution in [-0.2, 0) is 16.4 Å². The van der Waals surface area contributed by atoms with E-state index in [-0.39, 0.29) is 37.1 Å². The minimum Gasteiger partial charge on any atom is -0.491 e. The molecule has 1 aromatic heterocycles. The molecule has 0 bridgehead atoms. The fraction of sp³-hybridized carbons (Fsp3) is 0.290. The van der Waals surface area contributed by atoms with Crippen molar-refractivity contribution in [1.29, 1.82) is 0 Å². The minimum absolute atomic E-state index is 0.0991. The van der Waals surface area contributed by atoms with Gasteiger partial charge in [-0.1, -0.05) is 37.3 Å². The molecule has 0 aliphatic heterocycles. The standard InChI is InChI=1S/C31H35N3O7S/c1-2-16-42(38,39)34-31(37)23-10-13-28-29(18-23)32-15-14-30(28)41-27-11-8-22(9-12-27)17-24(20-35)33-19-25(36)21-40-26-6-4-3-5-7-26/h3-15,18,24-25,33,35-36H,2,16-17,19-21H2,1H3,(H,34,37). The lowest BCUT2D eigenvalue weighted by Gasteiger charge is -2.19. The van der Waals surface area contributed by atoms with Crippen molar-refractivity contribution < 1.29 is 32.9 Å². The highest BCUT2D eigenvalue weighted by atomic mass is 32.2. The molecule has 11 heteroatoms. The van der Waals surface area contributed by atoms with Gasteiger partial charge in [0.2, 0.25) is 10.0 Å². The zero-order valence-corrected chi connectivity index (χ0v) is 24.1. The molecule has 4 aromatic rings. The first-order chi connectivity index (χ1) is 20.3. The number of hydrogen-bond donors (Lipinski definition) is 4. The van der Waals surface area contributed by atoms with Crippen LogP contribution in [0.3, 0.4) is 0 Å². The van der Waals surface area contributed by atoms with Crippen LogP contribution in [0, 0.1) is 0 Å². The number of sulfonamides is 1. The Bertz CT molecular complexity index is 1570. The molecule has 2 unspecified atom stereocenters. The summed E-state index contributed by atoms with van der Waals surface area (Å²) in [6, 6.07) is 22.9. The second kappa shape index (κ2) is 14.7. The highest BCUT2D eigenvalue weighted by Crippen LogP contribution is 2.29. The van der Waals surface area contributed by atoms with E-state index in [0.29, 0.717) is 41.0 Å². The molecule has 1 heterocycles. The summed E-state index contributed by atoms with van der Waals surface area (Å²) in [6.07, 6.45) is 1.76. The first-order valence-corrected chi connectivity index (χ1v) is 15.3. The van der Waals surface area contributed by atoms with Crippen LogP contribution in [0.1, 0.15) is 29.3 Å². The van der Waals surface area contributed by atoms with Crippen molar-refractivity contribution in [2.75, 3.05) is 25.5 Å². The van der Waals surface area contributed by atoms with Gasteiger partial charge in [-0.05, 0) is 66.9 Å². The predicted molar refractivity (Wildman–Crippen MR) is 160 cm³/mol. The largest absolute Gasteiger partial charge is 0.491 e. The second-order valence-electron chi connectivity index (χ2n) is 9.81. The Morgan fingerprint density at radius 2 is 1.76 bits per heavy atom. The minimum atomic E-state index is -3.69. The highest BCUT2D eigenvalue weighted by Gasteiger charge is 2.17. The van der Waals surface area contributed by atoms with Gasteiger partial charge in [-0.15, -0.1) is 0 Å². The number of fused-ring (bicyclic) bond motifs is 1. The number of aliphatic hydroxyl groups excluding tert-OH is 2. The maximum atomic E-state index is 12.5. The van der Waals surface area contributed by atoms with E-state index in [4.69, 9.17) is 9.47 Å². The first-order valence-electron chi connectivity index (χ1n) is 13.7. The van der Waals surface area contributed by atoms with E-state index in [2.05, 4.69) is 15.0 Å². The van der Waals surface area contributed by atoms with Crippen LogP contribution in [0.25, 0.3) is 10.9 Å². The summed E-state index contributed by atoms with van der Waals surface area (Å²) in [5.41, 5.74) is 1.63. The van der Waals surface area contributed by atoms with Gasteiger partial charge in [0.1, 0.15) is 30.0 Å². The molecule has 1 amide bonds. The molecule has 0 saturated heterocycles. The molecule has 0 spiro atoms. The lowest BCUT2D eigenvalue weighted by atomic mass is 10.1. The third-order valence-electron chi connectivity index (χ3n) is 6.37. The lowest BCUT2D eigenvalue weighted by Crippen LogP contribution is -2.41. The molecule has 3 aromatic carbocycles. The van der Waals surface area contributed by atoms with E-state index in [1.54, 1.807) is 25.3 Å². The maximum Gasteiger partial charge on any atom is 0.264 e. The summed E-state index contributed by atoms with van der Waals surface area (Å²) in [7, 11) is -3.69. The van der Waals surface area contributed by atoms with Crippen molar-refractivity contribution >= 4 is 26.8 Å². The molecule has 2 atom stereocenters. The molecule has 0 aliphatic rings. The van der Waals surface area contributed by atoms with E-state index >= 15 is 0 Å².